The molecule has 0 spiro atoms. The maximum Gasteiger partial charge on any atom is 0.168 e. The molecule has 0 saturated heterocycles. The van der Waals surface area contributed by atoms with Crippen molar-refractivity contribution in [3.63, 3.8) is 0 Å². The summed E-state index contributed by atoms with van der Waals surface area (Å²) in [5.74, 6) is 0. The Bertz CT molecular complexity index is 488. The Hall–Kier alpha value is -2.14. The van der Waals surface area contributed by atoms with Gasteiger partial charge in [0.15, 0.2) is 6.29 Å². The average Bonchev–Trinajstić information content (AvgIpc) is 2.39. The molecule has 5 nitrogen and oxygen atoms in total. The van der Waals surface area contributed by atoms with Gasteiger partial charge in [-0.05, 0) is 12.1 Å². The third kappa shape index (κ3) is 2.09. The lowest BCUT2D eigenvalue weighted by atomic mass is 10.1. The first-order valence-corrected chi connectivity index (χ1v) is 4.67. The summed E-state index contributed by atoms with van der Waals surface area (Å²) in [5.41, 5.74) is 1.06. The van der Waals surface area contributed by atoms with E-state index in [4.69, 9.17) is 0 Å². The number of nitrogens with zero attached hydrogens (tertiary/aromatic N) is 3. The van der Waals surface area contributed by atoms with Gasteiger partial charge in [0.25, 0.3) is 0 Å². The van der Waals surface area contributed by atoms with Crippen LogP contribution in [0.2, 0.25) is 0 Å². The normalized spacial score (nSPS) is 12.1. The van der Waals surface area contributed by atoms with Crippen molar-refractivity contribution in [2.75, 3.05) is 0 Å². The molecule has 0 radical (unpaired) electrons. The van der Waals surface area contributed by atoms with Gasteiger partial charge in [0.05, 0.1) is 17.6 Å². The largest absolute Gasteiger partial charge is 0.380 e. The van der Waals surface area contributed by atoms with Gasteiger partial charge in [0.1, 0.15) is 11.8 Å². The summed E-state index contributed by atoms with van der Waals surface area (Å²) < 4.78 is 0. The predicted molar refractivity (Wildman–Crippen MR) is 55.7 cm³/mol. The number of carbonyl (C=O) groups excluding carboxylic acids is 1. The van der Waals surface area contributed by atoms with Gasteiger partial charge in [-0.25, -0.2) is 4.98 Å². The van der Waals surface area contributed by atoms with Crippen LogP contribution < -0.4 is 0 Å². The summed E-state index contributed by atoms with van der Waals surface area (Å²) in [5, 5.41) is 9.93. The number of aliphatic hydroxyl groups is 1. The Kier molecular flexibility index (Phi) is 2.98. The molecule has 0 fully saturated rings. The van der Waals surface area contributed by atoms with Crippen molar-refractivity contribution in [3.8, 4) is 0 Å². The minimum absolute atomic E-state index is 0.278. The second-order valence-corrected chi connectivity index (χ2v) is 3.14. The number of aromatic nitrogens is 3. The zero-order valence-corrected chi connectivity index (χ0v) is 8.32. The van der Waals surface area contributed by atoms with Gasteiger partial charge in [-0.1, -0.05) is 6.07 Å². The fourth-order valence-electron chi connectivity index (χ4n) is 1.29. The average molecular weight is 215 g/mol. The topological polar surface area (TPSA) is 76.0 Å². The molecule has 2 heterocycles. The number of aldehydes is 1. The molecule has 2 aromatic rings. The predicted octanol–water partition coefficient (Wildman–Crippen LogP) is 0.766. The van der Waals surface area contributed by atoms with Crippen LogP contribution in [-0.4, -0.2) is 26.3 Å². The van der Waals surface area contributed by atoms with Crippen LogP contribution in [0.4, 0.5) is 0 Å². The van der Waals surface area contributed by atoms with Gasteiger partial charge in [-0.2, -0.15) is 0 Å². The molecular weight excluding hydrogens is 206 g/mol. The van der Waals surface area contributed by atoms with E-state index < -0.39 is 6.10 Å². The number of rotatable bonds is 3. The molecule has 1 unspecified atom stereocenters. The van der Waals surface area contributed by atoms with E-state index in [0.29, 0.717) is 17.7 Å². The first-order chi connectivity index (χ1) is 7.81. The van der Waals surface area contributed by atoms with Crippen molar-refractivity contribution in [1.82, 2.24) is 15.0 Å². The van der Waals surface area contributed by atoms with Gasteiger partial charge in [0, 0.05) is 12.4 Å². The van der Waals surface area contributed by atoms with Crippen LogP contribution in [-0.2, 0) is 0 Å². The van der Waals surface area contributed by atoms with Crippen LogP contribution in [0.25, 0.3) is 0 Å². The molecule has 0 aromatic carbocycles. The second kappa shape index (κ2) is 4.59. The van der Waals surface area contributed by atoms with E-state index in [0.717, 1.165) is 0 Å². The first kappa shape index (κ1) is 10.4. The molecule has 0 aliphatic carbocycles. The van der Waals surface area contributed by atoms with E-state index in [1.165, 1.54) is 18.6 Å². The maximum absolute atomic E-state index is 10.5. The van der Waals surface area contributed by atoms with Gasteiger partial charge in [0.2, 0.25) is 0 Å². The maximum atomic E-state index is 10.5. The van der Waals surface area contributed by atoms with Crippen molar-refractivity contribution >= 4 is 6.29 Å². The quantitative estimate of drug-likeness (QED) is 0.765. The number of hydrogen-bond acceptors (Lipinski definition) is 5. The highest BCUT2D eigenvalue weighted by atomic mass is 16.3. The summed E-state index contributed by atoms with van der Waals surface area (Å²) in [6.45, 7) is 0. The number of carbonyl (C=O) groups is 1. The Labute approximate surface area is 91.8 Å². The van der Waals surface area contributed by atoms with Gasteiger partial charge in [-0.3, -0.25) is 14.8 Å². The molecule has 5 heteroatoms. The van der Waals surface area contributed by atoms with Crippen molar-refractivity contribution in [2.24, 2.45) is 0 Å². The fraction of sp³-hybridized carbons (Fsp3) is 0.0909. The van der Waals surface area contributed by atoms with E-state index in [-0.39, 0.29) is 5.69 Å². The summed E-state index contributed by atoms with van der Waals surface area (Å²) in [7, 11) is 0. The fourth-order valence-corrected chi connectivity index (χ4v) is 1.29. The van der Waals surface area contributed by atoms with Gasteiger partial charge < -0.3 is 5.11 Å². The lowest BCUT2D eigenvalue weighted by molar-refractivity contribution is 0.111. The minimum atomic E-state index is -0.964. The van der Waals surface area contributed by atoms with E-state index >= 15 is 0 Å². The number of hydrogen-bond donors (Lipinski definition) is 1. The third-order valence-electron chi connectivity index (χ3n) is 2.06. The highest BCUT2D eigenvalue weighted by molar-refractivity contribution is 5.71. The monoisotopic (exact) mass is 215 g/mol. The molecule has 16 heavy (non-hydrogen) atoms. The third-order valence-corrected chi connectivity index (χ3v) is 2.06. The molecule has 0 bridgehead atoms. The van der Waals surface area contributed by atoms with Crippen LogP contribution in [0, 0.1) is 0 Å². The molecule has 80 valence electrons. The Morgan fingerprint density at radius 3 is 2.81 bits per heavy atom. The second-order valence-electron chi connectivity index (χ2n) is 3.14. The van der Waals surface area contributed by atoms with Crippen LogP contribution >= 0.6 is 0 Å². The lowest BCUT2D eigenvalue weighted by Crippen LogP contribution is -2.06. The van der Waals surface area contributed by atoms with Crippen molar-refractivity contribution in [1.29, 1.82) is 0 Å². The SMILES string of the molecule is O=Cc1cccc(C(O)c2cnccn2)n1. The molecule has 0 saturated carbocycles. The molecule has 0 aliphatic rings. The highest BCUT2D eigenvalue weighted by Crippen LogP contribution is 2.16. The summed E-state index contributed by atoms with van der Waals surface area (Å²) >= 11 is 0. The standard InChI is InChI=1S/C11H9N3O2/c15-7-8-2-1-3-9(14-8)11(16)10-6-12-4-5-13-10/h1-7,11,16H. The van der Waals surface area contributed by atoms with Crippen LogP contribution in [0.5, 0.6) is 0 Å². The molecule has 2 aromatic heterocycles. The molecule has 1 N–H and O–H groups in total. The molecule has 0 aliphatic heterocycles. The van der Waals surface area contributed by atoms with Crippen LogP contribution in [0.15, 0.2) is 36.8 Å². The summed E-state index contributed by atoms with van der Waals surface area (Å²) in [6.07, 6.45) is 4.13. The van der Waals surface area contributed by atoms with Crippen molar-refractivity contribution in [3.05, 3.63) is 53.9 Å². The molecular formula is C11H9N3O2. The zero-order chi connectivity index (χ0) is 11.4. The lowest BCUT2D eigenvalue weighted by Gasteiger charge is -2.08. The Morgan fingerprint density at radius 1 is 1.25 bits per heavy atom. The van der Waals surface area contributed by atoms with E-state index in [2.05, 4.69) is 15.0 Å². The van der Waals surface area contributed by atoms with E-state index in [1.54, 1.807) is 18.2 Å². The zero-order valence-electron chi connectivity index (χ0n) is 8.32. The Morgan fingerprint density at radius 2 is 2.12 bits per heavy atom. The van der Waals surface area contributed by atoms with E-state index in [1.807, 2.05) is 0 Å². The number of aliphatic hydroxyl groups excluding tert-OH is 1. The van der Waals surface area contributed by atoms with E-state index in [9.17, 15) is 9.90 Å². The summed E-state index contributed by atoms with van der Waals surface area (Å²) in [4.78, 5) is 22.4. The highest BCUT2D eigenvalue weighted by Gasteiger charge is 2.13. The van der Waals surface area contributed by atoms with Crippen LogP contribution in [0.3, 0.4) is 0 Å². The van der Waals surface area contributed by atoms with Gasteiger partial charge >= 0.3 is 0 Å². The number of pyridine rings is 1. The van der Waals surface area contributed by atoms with Gasteiger partial charge in [-0.15, -0.1) is 0 Å². The van der Waals surface area contributed by atoms with Crippen molar-refractivity contribution in [2.45, 2.75) is 6.10 Å². The molecule has 0 amide bonds. The first-order valence-electron chi connectivity index (χ1n) is 4.67. The summed E-state index contributed by atoms with van der Waals surface area (Å²) in [6, 6.07) is 4.86. The molecule has 2 rings (SSSR count). The van der Waals surface area contributed by atoms with Crippen molar-refractivity contribution < 1.29 is 9.90 Å². The smallest absolute Gasteiger partial charge is 0.168 e. The minimum Gasteiger partial charge on any atom is -0.380 e. The Balaban J connectivity index is 2.34. The molecule has 1 atom stereocenters. The van der Waals surface area contributed by atoms with Crippen LogP contribution in [0.1, 0.15) is 28.0 Å².